The highest BCUT2D eigenvalue weighted by Gasteiger charge is 2.31. The summed E-state index contributed by atoms with van der Waals surface area (Å²) in [6.45, 7) is -0.288. The number of benzene rings is 1. The molecule has 0 unspecified atom stereocenters. The van der Waals surface area contributed by atoms with Gasteiger partial charge in [-0.15, -0.1) is 0 Å². The lowest BCUT2D eigenvalue weighted by Gasteiger charge is -2.18. The van der Waals surface area contributed by atoms with Gasteiger partial charge in [-0.05, 0) is 11.1 Å². The molecule has 1 aliphatic carbocycles. The number of nitrogens with one attached hydrogen (secondary N) is 2. The largest absolute Gasteiger partial charge is 0.390 e. The van der Waals surface area contributed by atoms with Crippen molar-refractivity contribution in [3.63, 3.8) is 0 Å². The summed E-state index contributed by atoms with van der Waals surface area (Å²) in [5.74, 6) is -0.731. The van der Waals surface area contributed by atoms with E-state index in [-0.39, 0.29) is 24.9 Å². The number of hydrogen-bond donors (Lipinski definition) is 4. The molecule has 0 spiro atoms. The summed E-state index contributed by atoms with van der Waals surface area (Å²) in [7, 11) is 0. The summed E-state index contributed by atoms with van der Waals surface area (Å²) in [6.07, 6.45) is -0.109. The topological polar surface area (TPSA) is 104 Å². The second-order valence-corrected chi connectivity index (χ2v) is 4.50. The first kappa shape index (κ1) is 13.5. The predicted octanol–water partition coefficient (Wildman–Crippen LogP) is -1.16. The predicted molar refractivity (Wildman–Crippen MR) is 69.1 cm³/mol. The maximum Gasteiger partial charge on any atom is 0.239 e. The van der Waals surface area contributed by atoms with Crippen molar-refractivity contribution < 1.29 is 14.7 Å². The zero-order valence-corrected chi connectivity index (χ0v) is 10.4. The van der Waals surface area contributed by atoms with Gasteiger partial charge in [-0.2, -0.15) is 0 Å². The van der Waals surface area contributed by atoms with E-state index in [0.717, 1.165) is 11.1 Å². The zero-order valence-electron chi connectivity index (χ0n) is 10.4. The lowest BCUT2D eigenvalue weighted by Crippen LogP contribution is -2.42. The van der Waals surface area contributed by atoms with E-state index in [1.165, 1.54) is 0 Å². The van der Waals surface area contributed by atoms with Crippen molar-refractivity contribution in [3.8, 4) is 0 Å². The Bertz CT molecular complexity index is 490. The molecule has 1 aliphatic rings. The lowest BCUT2D eigenvalue weighted by molar-refractivity contribution is -0.126. The third-order valence-corrected chi connectivity index (χ3v) is 3.15. The number of aliphatic hydroxyl groups is 1. The average molecular weight is 263 g/mol. The van der Waals surface area contributed by atoms with E-state index >= 15 is 0 Å². The molecule has 0 saturated carbocycles. The minimum absolute atomic E-state index is 0.137. The summed E-state index contributed by atoms with van der Waals surface area (Å²) in [6, 6.07) is 7.16. The van der Waals surface area contributed by atoms with Crippen LogP contribution in [0.2, 0.25) is 0 Å². The van der Waals surface area contributed by atoms with Gasteiger partial charge in [0.05, 0.1) is 25.2 Å². The van der Waals surface area contributed by atoms with Crippen molar-refractivity contribution in [1.82, 2.24) is 10.6 Å². The van der Waals surface area contributed by atoms with Gasteiger partial charge in [0.2, 0.25) is 11.8 Å². The van der Waals surface area contributed by atoms with Crippen LogP contribution >= 0.6 is 0 Å². The van der Waals surface area contributed by atoms with E-state index in [0.29, 0.717) is 6.42 Å². The minimum atomic E-state index is -0.633. The van der Waals surface area contributed by atoms with Crippen LogP contribution in [0.4, 0.5) is 0 Å². The first-order valence-electron chi connectivity index (χ1n) is 6.14. The fourth-order valence-corrected chi connectivity index (χ4v) is 2.22. The highest BCUT2D eigenvalue weighted by atomic mass is 16.3. The Morgan fingerprint density at radius 3 is 2.79 bits per heavy atom. The average Bonchev–Trinajstić information content (AvgIpc) is 2.72. The number of aliphatic hydroxyl groups excluding tert-OH is 1. The van der Waals surface area contributed by atoms with Gasteiger partial charge in [-0.3, -0.25) is 9.59 Å². The standard InChI is InChI=1S/C13H17N3O3/c14-6-11(18)15-7-12(19)16-13-9-4-2-1-3-8(9)5-10(13)17/h1-4,10,13,17H,5-7,14H2,(H,15,18)(H,16,19)/t10-,13+/m1/s1. The van der Waals surface area contributed by atoms with Gasteiger partial charge in [0.15, 0.2) is 0 Å². The van der Waals surface area contributed by atoms with Crippen LogP contribution in [-0.4, -0.2) is 36.1 Å². The maximum atomic E-state index is 11.7. The molecule has 1 aromatic rings. The Labute approximate surface area is 111 Å². The minimum Gasteiger partial charge on any atom is -0.390 e. The molecular weight excluding hydrogens is 246 g/mol. The van der Waals surface area contributed by atoms with E-state index in [9.17, 15) is 14.7 Å². The van der Waals surface area contributed by atoms with Crippen LogP contribution < -0.4 is 16.4 Å². The molecule has 2 amide bonds. The van der Waals surface area contributed by atoms with Gasteiger partial charge >= 0.3 is 0 Å². The van der Waals surface area contributed by atoms with Gasteiger partial charge in [-0.25, -0.2) is 0 Å². The van der Waals surface area contributed by atoms with Crippen LogP contribution in [0.25, 0.3) is 0 Å². The monoisotopic (exact) mass is 263 g/mol. The third-order valence-electron chi connectivity index (χ3n) is 3.15. The number of fused-ring (bicyclic) bond motifs is 1. The van der Waals surface area contributed by atoms with E-state index in [1.54, 1.807) is 0 Å². The Morgan fingerprint density at radius 2 is 2.05 bits per heavy atom. The summed E-state index contributed by atoms with van der Waals surface area (Å²) in [4.78, 5) is 22.6. The number of nitrogens with two attached hydrogens (primary N) is 1. The van der Waals surface area contributed by atoms with E-state index in [1.807, 2.05) is 24.3 Å². The number of rotatable bonds is 4. The van der Waals surface area contributed by atoms with Crippen LogP contribution in [0.5, 0.6) is 0 Å². The molecule has 102 valence electrons. The molecule has 1 aromatic carbocycles. The van der Waals surface area contributed by atoms with Gasteiger partial charge in [0.25, 0.3) is 0 Å². The molecule has 2 atom stereocenters. The summed E-state index contributed by atoms with van der Waals surface area (Å²) in [5, 5.41) is 15.1. The summed E-state index contributed by atoms with van der Waals surface area (Å²) >= 11 is 0. The molecule has 2 rings (SSSR count). The number of amides is 2. The quantitative estimate of drug-likeness (QED) is 0.549. The first-order chi connectivity index (χ1) is 9.11. The van der Waals surface area contributed by atoms with Gasteiger partial charge in [0.1, 0.15) is 0 Å². The molecule has 5 N–H and O–H groups in total. The molecule has 6 nitrogen and oxygen atoms in total. The molecule has 0 saturated heterocycles. The molecule has 0 bridgehead atoms. The van der Waals surface area contributed by atoms with Gasteiger partial charge in [0, 0.05) is 6.42 Å². The fraction of sp³-hybridized carbons (Fsp3) is 0.385. The van der Waals surface area contributed by atoms with E-state index in [2.05, 4.69) is 10.6 Å². The van der Waals surface area contributed by atoms with Crippen LogP contribution in [-0.2, 0) is 16.0 Å². The van der Waals surface area contributed by atoms with Gasteiger partial charge in [-0.1, -0.05) is 24.3 Å². The molecule has 0 fully saturated rings. The summed E-state index contributed by atoms with van der Waals surface area (Å²) in [5.41, 5.74) is 7.08. The van der Waals surface area contributed by atoms with Crippen LogP contribution in [0, 0.1) is 0 Å². The van der Waals surface area contributed by atoms with Crippen LogP contribution in [0.15, 0.2) is 24.3 Å². The van der Waals surface area contributed by atoms with Crippen molar-refractivity contribution in [2.75, 3.05) is 13.1 Å². The highest BCUT2D eigenvalue weighted by Crippen LogP contribution is 2.30. The molecular formula is C13H17N3O3. The first-order valence-corrected chi connectivity index (χ1v) is 6.14. The zero-order chi connectivity index (χ0) is 13.8. The van der Waals surface area contributed by atoms with Gasteiger partial charge < -0.3 is 21.5 Å². The Morgan fingerprint density at radius 1 is 1.32 bits per heavy atom. The SMILES string of the molecule is NCC(=O)NCC(=O)N[C@H]1c2ccccc2C[C@H]1O. The lowest BCUT2D eigenvalue weighted by atomic mass is 10.1. The Hall–Kier alpha value is -1.92. The Balaban J connectivity index is 1.96. The van der Waals surface area contributed by atoms with Crippen molar-refractivity contribution in [2.45, 2.75) is 18.6 Å². The van der Waals surface area contributed by atoms with Crippen molar-refractivity contribution >= 4 is 11.8 Å². The third kappa shape index (κ3) is 3.10. The second kappa shape index (κ2) is 5.81. The molecule has 0 radical (unpaired) electrons. The molecule has 0 aromatic heterocycles. The van der Waals surface area contributed by atoms with E-state index < -0.39 is 12.1 Å². The molecule has 0 aliphatic heterocycles. The van der Waals surface area contributed by atoms with Crippen molar-refractivity contribution in [1.29, 1.82) is 0 Å². The highest BCUT2D eigenvalue weighted by molar-refractivity contribution is 5.85. The maximum absolute atomic E-state index is 11.7. The number of hydrogen-bond acceptors (Lipinski definition) is 4. The fourth-order valence-electron chi connectivity index (χ4n) is 2.22. The smallest absolute Gasteiger partial charge is 0.239 e. The molecule has 19 heavy (non-hydrogen) atoms. The molecule has 6 heteroatoms. The summed E-state index contributed by atoms with van der Waals surface area (Å²) < 4.78 is 0. The van der Waals surface area contributed by atoms with Crippen molar-refractivity contribution in [3.05, 3.63) is 35.4 Å². The van der Waals surface area contributed by atoms with E-state index in [4.69, 9.17) is 5.73 Å². The number of carbonyl (C=O) groups is 2. The molecule has 0 heterocycles. The normalized spacial score (nSPS) is 20.7. The van der Waals surface area contributed by atoms with Crippen LogP contribution in [0.3, 0.4) is 0 Å². The number of carbonyl (C=O) groups excluding carboxylic acids is 2. The van der Waals surface area contributed by atoms with Crippen molar-refractivity contribution in [2.24, 2.45) is 5.73 Å². The second-order valence-electron chi connectivity index (χ2n) is 4.50. The van der Waals surface area contributed by atoms with Crippen LogP contribution in [0.1, 0.15) is 17.2 Å². The Kier molecular flexibility index (Phi) is 4.13.